The zero-order valence-corrected chi connectivity index (χ0v) is 23.0. The van der Waals surface area contributed by atoms with E-state index in [0.717, 1.165) is 21.9 Å². The van der Waals surface area contributed by atoms with Gasteiger partial charge >= 0.3 is 0 Å². The number of carbonyl (C=O) groups is 1. The number of ether oxygens (including phenoxy) is 1. The molecule has 204 valence electrons. The van der Waals surface area contributed by atoms with Crippen molar-refractivity contribution in [2.24, 2.45) is 0 Å². The molecule has 0 saturated carbocycles. The smallest absolute Gasteiger partial charge is 0.264 e. The first-order valence-corrected chi connectivity index (χ1v) is 14.4. The third kappa shape index (κ3) is 5.13. The van der Waals surface area contributed by atoms with Crippen LogP contribution in [0.5, 0.6) is 5.75 Å². The van der Waals surface area contributed by atoms with E-state index in [2.05, 4.69) is 5.32 Å². The van der Waals surface area contributed by atoms with Crippen molar-refractivity contribution in [2.45, 2.75) is 11.4 Å². The van der Waals surface area contributed by atoms with Gasteiger partial charge in [-0.3, -0.25) is 9.10 Å². The van der Waals surface area contributed by atoms with Crippen LogP contribution in [0.4, 0.5) is 11.4 Å². The van der Waals surface area contributed by atoms with Crippen LogP contribution in [0, 0.1) is 0 Å². The first kappa shape index (κ1) is 26.2. The van der Waals surface area contributed by atoms with Gasteiger partial charge in [-0.2, -0.15) is 0 Å². The lowest BCUT2D eigenvalue weighted by atomic mass is 10.1. The fourth-order valence-corrected chi connectivity index (χ4v) is 6.28. The molecular formula is C33H26N2O5S. The highest BCUT2D eigenvalue weighted by Gasteiger charge is 2.29. The number of carbonyl (C=O) groups excluding carboxylic acids is 1. The molecule has 1 aromatic heterocycles. The van der Waals surface area contributed by atoms with E-state index >= 15 is 0 Å². The normalized spacial score (nSPS) is 11.4. The lowest BCUT2D eigenvalue weighted by Gasteiger charge is -2.26. The Morgan fingerprint density at radius 2 is 1.46 bits per heavy atom. The fourth-order valence-electron chi connectivity index (χ4n) is 4.81. The molecule has 6 aromatic rings. The van der Waals surface area contributed by atoms with Crippen LogP contribution in [0.15, 0.2) is 131 Å². The SMILES string of the molecule is COc1ccc(S(=O)(=O)N(Cc2ccccc2)c2ccccc2C(=O)Nc2ccc3c(c2)oc2ccccc23)cc1. The number of methoxy groups -OCH3 is 1. The molecule has 0 bridgehead atoms. The first-order valence-electron chi connectivity index (χ1n) is 13.0. The van der Waals surface area contributed by atoms with Gasteiger partial charge in [0.15, 0.2) is 0 Å². The lowest BCUT2D eigenvalue weighted by Crippen LogP contribution is -2.32. The van der Waals surface area contributed by atoms with E-state index < -0.39 is 15.9 Å². The van der Waals surface area contributed by atoms with Crippen molar-refractivity contribution in [3.8, 4) is 5.75 Å². The van der Waals surface area contributed by atoms with Crippen LogP contribution in [-0.4, -0.2) is 21.4 Å². The summed E-state index contributed by atoms with van der Waals surface area (Å²) in [7, 11) is -2.55. The van der Waals surface area contributed by atoms with Crippen molar-refractivity contribution in [1.82, 2.24) is 0 Å². The lowest BCUT2D eigenvalue weighted by molar-refractivity contribution is 0.102. The Morgan fingerprint density at radius 1 is 0.780 bits per heavy atom. The van der Waals surface area contributed by atoms with E-state index in [-0.39, 0.29) is 22.7 Å². The average Bonchev–Trinajstić information content (AvgIpc) is 3.38. The van der Waals surface area contributed by atoms with Crippen molar-refractivity contribution in [1.29, 1.82) is 0 Å². The summed E-state index contributed by atoms with van der Waals surface area (Å²) in [5, 5.41) is 4.86. The summed E-state index contributed by atoms with van der Waals surface area (Å²) in [5.74, 6) is 0.0961. The van der Waals surface area contributed by atoms with Gasteiger partial charge in [-0.1, -0.05) is 60.7 Å². The molecule has 6 rings (SSSR count). The minimum Gasteiger partial charge on any atom is -0.497 e. The number of nitrogens with one attached hydrogen (secondary N) is 1. The molecule has 5 aromatic carbocycles. The van der Waals surface area contributed by atoms with E-state index in [1.54, 1.807) is 48.5 Å². The molecule has 8 heteroatoms. The molecule has 41 heavy (non-hydrogen) atoms. The fraction of sp³-hybridized carbons (Fsp3) is 0.0606. The maximum absolute atomic E-state index is 14.0. The molecule has 1 N–H and O–H groups in total. The van der Waals surface area contributed by atoms with Crippen LogP contribution < -0.4 is 14.4 Å². The highest BCUT2D eigenvalue weighted by atomic mass is 32.2. The Labute approximate surface area is 237 Å². The molecule has 0 atom stereocenters. The Morgan fingerprint density at radius 3 is 2.24 bits per heavy atom. The van der Waals surface area contributed by atoms with E-state index in [0.29, 0.717) is 17.0 Å². The highest BCUT2D eigenvalue weighted by molar-refractivity contribution is 7.92. The second-order valence-corrected chi connectivity index (χ2v) is 11.3. The number of benzene rings is 5. The van der Waals surface area contributed by atoms with Crippen LogP contribution in [0.3, 0.4) is 0 Å². The van der Waals surface area contributed by atoms with Gasteiger partial charge in [0.1, 0.15) is 16.9 Å². The maximum Gasteiger partial charge on any atom is 0.264 e. The molecule has 0 unspecified atom stereocenters. The monoisotopic (exact) mass is 562 g/mol. The van der Waals surface area contributed by atoms with Crippen LogP contribution in [-0.2, 0) is 16.6 Å². The second-order valence-electron chi connectivity index (χ2n) is 9.45. The molecule has 0 saturated heterocycles. The van der Waals surface area contributed by atoms with Gasteiger partial charge in [-0.15, -0.1) is 0 Å². The number of hydrogen-bond acceptors (Lipinski definition) is 5. The predicted octanol–water partition coefficient (Wildman–Crippen LogP) is 7.24. The van der Waals surface area contributed by atoms with Crippen molar-refractivity contribution in [3.05, 3.63) is 132 Å². The summed E-state index contributed by atoms with van der Waals surface area (Å²) in [5.41, 5.74) is 3.18. The van der Waals surface area contributed by atoms with E-state index in [1.807, 2.05) is 60.7 Å². The average molecular weight is 563 g/mol. The third-order valence-corrected chi connectivity index (χ3v) is 8.64. The van der Waals surface area contributed by atoms with Crippen LogP contribution >= 0.6 is 0 Å². The highest BCUT2D eigenvalue weighted by Crippen LogP contribution is 2.33. The van der Waals surface area contributed by atoms with E-state index in [9.17, 15) is 13.2 Å². The third-order valence-electron chi connectivity index (χ3n) is 6.87. The second kappa shape index (κ2) is 10.8. The van der Waals surface area contributed by atoms with Gasteiger partial charge < -0.3 is 14.5 Å². The number of nitrogens with zero attached hydrogens (tertiary/aromatic N) is 1. The number of furan rings is 1. The molecule has 0 radical (unpaired) electrons. The summed E-state index contributed by atoms with van der Waals surface area (Å²) in [6, 6.07) is 35.4. The zero-order valence-electron chi connectivity index (χ0n) is 22.2. The van der Waals surface area contributed by atoms with E-state index in [1.165, 1.54) is 23.5 Å². The number of rotatable bonds is 8. The number of para-hydroxylation sites is 2. The van der Waals surface area contributed by atoms with Gasteiger partial charge in [-0.05, 0) is 60.2 Å². The zero-order chi connectivity index (χ0) is 28.4. The van der Waals surface area contributed by atoms with Crippen molar-refractivity contribution >= 4 is 49.2 Å². The summed E-state index contributed by atoms with van der Waals surface area (Å²) in [6.45, 7) is 0.0322. The summed E-state index contributed by atoms with van der Waals surface area (Å²) in [6.07, 6.45) is 0. The standard InChI is InChI=1S/C33H26N2O5S/c1-39-25-16-18-26(19-17-25)41(37,38)35(22-23-9-3-2-4-10-23)30-13-7-5-12-29(30)33(36)34-24-15-20-28-27-11-6-8-14-31(27)40-32(28)21-24/h2-21H,22H2,1H3,(H,34,36). The summed E-state index contributed by atoms with van der Waals surface area (Å²) in [4.78, 5) is 13.8. The summed E-state index contributed by atoms with van der Waals surface area (Å²) >= 11 is 0. The number of sulfonamides is 1. The molecule has 1 heterocycles. The van der Waals surface area contributed by atoms with Crippen molar-refractivity contribution in [3.63, 3.8) is 0 Å². The Balaban J connectivity index is 1.38. The van der Waals surface area contributed by atoms with Crippen molar-refractivity contribution < 1.29 is 22.4 Å². The minimum atomic E-state index is -4.07. The molecule has 0 aliphatic rings. The van der Waals surface area contributed by atoms with E-state index in [4.69, 9.17) is 9.15 Å². The number of hydrogen-bond donors (Lipinski definition) is 1. The molecule has 7 nitrogen and oxygen atoms in total. The Kier molecular flexibility index (Phi) is 6.91. The van der Waals surface area contributed by atoms with Crippen LogP contribution in [0.1, 0.15) is 15.9 Å². The quantitative estimate of drug-likeness (QED) is 0.211. The molecular weight excluding hydrogens is 536 g/mol. The predicted molar refractivity (Wildman–Crippen MR) is 161 cm³/mol. The van der Waals surface area contributed by atoms with Crippen molar-refractivity contribution in [2.75, 3.05) is 16.7 Å². The van der Waals surface area contributed by atoms with Crippen LogP contribution in [0.25, 0.3) is 21.9 Å². The number of amides is 1. The Bertz CT molecular complexity index is 1970. The molecule has 0 fully saturated rings. The van der Waals surface area contributed by atoms with Gasteiger partial charge in [-0.25, -0.2) is 8.42 Å². The molecule has 0 spiro atoms. The number of fused-ring (bicyclic) bond motifs is 3. The minimum absolute atomic E-state index is 0.0322. The number of anilines is 2. The molecule has 0 aliphatic heterocycles. The van der Waals surface area contributed by atoms with Gasteiger partial charge in [0.2, 0.25) is 0 Å². The largest absolute Gasteiger partial charge is 0.497 e. The first-order chi connectivity index (χ1) is 19.9. The molecule has 0 aliphatic carbocycles. The molecule has 1 amide bonds. The van der Waals surface area contributed by atoms with Crippen LogP contribution in [0.2, 0.25) is 0 Å². The van der Waals surface area contributed by atoms with Gasteiger partial charge in [0.25, 0.3) is 15.9 Å². The maximum atomic E-state index is 14.0. The topological polar surface area (TPSA) is 88.9 Å². The Hall–Kier alpha value is -5.08. The van der Waals surface area contributed by atoms with Gasteiger partial charge in [0, 0.05) is 22.5 Å². The van der Waals surface area contributed by atoms with Gasteiger partial charge in [0.05, 0.1) is 29.8 Å². The summed E-state index contributed by atoms with van der Waals surface area (Å²) < 4.78 is 40.5.